The van der Waals surface area contributed by atoms with E-state index in [1.165, 1.54) is 5.56 Å². The van der Waals surface area contributed by atoms with Crippen LogP contribution in [0.4, 0.5) is 11.5 Å². The molecule has 11 heteroatoms. The first-order valence-electron chi connectivity index (χ1n) is 15.8. The molecule has 4 aromatic rings. The number of imide groups is 1. The lowest BCUT2D eigenvalue weighted by Gasteiger charge is -2.37. The van der Waals surface area contributed by atoms with E-state index in [4.69, 9.17) is 4.98 Å². The Kier molecular flexibility index (Phi) is 8.17. The summed E-state index contributed by atoms with van der Waals surface area (Å²) in [6, 6.07) is 16.2. The van der Waals surface area contributed by atoms with Gasteiger partial charge in [-0.15, -0.1) is 0 Å². The highest BCUT2D eigenvalue weighted by atomic mass is 16.2. The summed E-state index contributed by atoms with van der Waals surface area (Å²) in [6.07, 6.45) is 8.55. The first-order valence-corrected chi connectivity index (χ1v) is 15.8. The van der Waals surface area contributed by atoms with Gasteiger partial charge in [0.1, 0.15) is 17.5 Å². The summed E-state index contributed by atoms with van der Waals surface area (Å²) in [6.45, 7) is 5.20. The van der Waals surface area contributed by atoms with E-state index in [1.54, 1.807) is 0 Å². The normalized spacial score (nSPS) is 20.0. The number of benzene rings is 1. The Labute approximate surface area is 262 Å². The molecule has 11 nitrogen and oxygen atoms in total. The molecule has 1 aromatic carbocycles. The molecule has 0 bridgehead atoms. The fourth-order valence-electron chi connectivity index (χ4n) is 6.63. The lowest BCUT2D eigenvalue weighted by molar-refractivity contribution is -0.134. The third-order valence-electron chi connectivity index (χ3n) is 9.35. The molecule has 3 fully saturated rings. The maximum absolute atomic E-state index is 13.2. The average Bonchev–Trinajstić information content (AvgIpc) is 3.55. The van der Waals surface area contributed by atoms with Gasteiger partial charge >= 0.3 is 0 Å². The van der Waals surface area contributed by atoms with Gasteiger partial charge in [-0.05, 0) is 80.2 Å². The number of rotatable bonds is 7. The zero-order valence-corrected chi connectivity index (χ0v) is 25.2. The fraction of sp³-hybridized carbons (Fsp3) is 0.382. The number of pyridine rings is 2. The molecule has 232 valence electrons. The minimum atomic E-state index is -0.379. The number of hydrogen-bond donors (Lipinski definition) is 3. The Hall–Kier alpha value is -4.77. The Morgan fingerprint density at radius 1 is 0.867 bits per heavy atom. The molecule has 0 aliphatic carbocycles. The van der Waals surface area contributed by atoms with Gasteiger partial charge in [-0.2, -0.15) is 0 Å². The number of hydrogen-bond acceptors (Lipinski definition) is 8. The van der Waals surface area contributed by atoms with Gasteiger partial charge in [0.2, 0.25) is 17.7 Å². The van der Waals surface area contributed by atoms with Crippen LogP contribution in [0.15, 0.2) is 67.1 Å². The summed E-state index contributed by atoms with van der Waals surface area (Å²) >= 11 is 0. The van der Waals surface area contributed by atoms with Gasteiger partial charge in [-0.25, -0.2) is 9.97 Å². The van der Waals surface area contributed by atoms with Crippen LogP contribution < -0.4 is 15.5 Å². The number of piperidine rings is 2. The van der Waals surface area contributed by atoms with Crippen LogP contribution in [0, 0.1) is 0 Å². The van der Waals surface area contributed by atoms with Crippen LogP contribution >= 0.6 is 0 Å². The van der Waals surface area contributed by atoms with Gasteiger partial charge in [0, 0.05) is 73.4 Å². The predicted molar refractivity (Wildman–Crippen MR) is 173 cm³/mol. The van der Waals surface area contributed by atoms with E-state index in [-0.39, 0.29) is 23.8 Å². The third kappa shape index (κ3) is 6.53. The monoisotopic (exact) mass is 606 g/mol. The SMILES string of the molecule is O=C1CCC(Nc2ccc(C3CCN(CC(=O)N4CCN(c5ccc(-c6cnc7[nH]ccc7c6)cn5)CC4)CC3)cc2)C(=O)N1. The van der Waals surface area contributed by atoms with Crippen molar-refractivity contribution in [2.75, 3.05) is 56.0 Å². The second-order valence-electron chi connectivity index (χ2n) is 12.2. The number of nitrogens with zero attached hydrogens (tertiary/aromatic N) is 5. The molecule has 6 heterocycles. The zero-order chi connectivity index (χ0) is 30.8. The van der Waals surface area contributed by atoms with Crippen LogP contribution in [-0.4, -0.2) is 94.3 Å². The minimum Gasteiger partial charge on any atom is -0.374 e. The molecular weight excluding hydrogens is 568 g/mol. The van der Waals surface area contributed by atoms with Crippen molar-refractivity contribution in [3.05, 3.63) is 72.7 Å². The van der Waals surface area contributed by atoms with Crippen LogP contribution in [-0.2, 0) is 14.4 Å². The largest absolute Gasteiger partial charge is 0.374 e. The quantitative estimate of drug-likeness (QED) is 0.274. The van der Waals surface area contributed by atoms with Crippen molar-refractivity contribution < 1.29 is 14.4 Å². The molecule has 3 aliphatic rings. The number of carbonyl (C=O) groups excluding carboxylic acids is 3. The van der Waals surface area contributed by atoms with Crippen molar-refractivity contribution >= 4 is 40.3 Å². The van der Waals surface area contributed by atoms with Crippen LogP contribution in [0.3, 0.4) is 0 Å². The number of anilines is 2. The Morgan fingerprint density at radius 3 is 2.38 bits per heavy atom. The van der Waals surface area contributed by atoms with Gasteiger partial charge in [0.15, 0.2) is 0 Å². The van der Waals surface area contributed by atoms with E-state index in [2.05, 4.69) is 60.7 Å². The van der Waals surface area contributed by atoms with Gasteiger partial charge < -0.3 is 20.1 Å². The Balaban J connectivity index is 0.849. The summed E-state index contributed by atoms with van der Waals surface area (Å²) in [4.78, 5) is 55.5. The molecule has 0 spiro atoms. The molecule has 3 N–H and O–H groups in total. The second kappa shape index (κ2) is 12.7. The number of piperazine rings is 1. The third-order valence-corrected chi connectivity index (χ3v) is 9.35. The lowest BCUT2D eigenvalue weighted by Crippen LogP contribution is -2.52. The molecule has 45 heavy (non-hydrogen) atoms. The summed E-state index contributed by atoms with van der Waals surface area (Å²) in [7, 11) is 0. The predicted octanol–water partition coefficient (Wildman–Crippen LogP) is 3.37. The van der Waals surface area contributed by atoms with Gasteiger partial charge in [0.05, 0.1) is 6.54 Å². The highest BCUT2D eigenvalue weighted by Crippen LogP contribution is 2.29. The molecule has 3 aliphatic heterocycles. The zero-order valence-electron chi connectivity index (χ0n) is 25.2. The van der Waals surface area contributed by atoms with Crippen LogP contribution in [0.25, 0.3) is 22.2 Å². The van der Waals surface area contributed by atoms with Crippen molar-refractivity contribution in [3.63, 3.8) is 0 Å². The number of carbonyl (C=O) groups is 3. The number of amides is 3. The summed E-state index contributed by atoms with van der Waals surface area (Å²) in [5.41, 5.74) is 5.12. The van der Waals surface area contributed by atoms with Crippen LogP contribution in [0.1, 0.15) is 37.2 Å². The van der Waals surface area contributed by atoms with E-state index in [9.17, 15) is 14.4 Å². The standard InChI is InChI=1S/C34H38N8O3/c43-31-8-6-29(34(45)39-31)38-28-4-1-23(2-5-28)24-10-13-40(14-11-24)22-32(44)42-17-15-41(16-18-42)30-7-3-26(20-36-30)27-19-25-9-12-35-33(25)37-21-27/h1-5,7,9,12,19-21,24,29,38H,6,8,10-11,13-18,22H2,(H,35,37)(H,39,43,45). The van der Waals surface area contributed by atoms with Crippen molar-refractivity contribution in [2.24, 2.45) is 0 Å². The fourth-order valence-corrected chi connectivity index (χ4v) is 6.63. The number of likely N-dealkylation sites (tertiary alicyclic amines) is 1. The number of nitrogens with one attached hydrogen (secondary N) is 3. The molecule has 0 saturated carbocycles. The highest BCUT2D eigenvalue weighted by molar-refractivity contribution is 6.01. The molecule has 0 radical (unpaired) electrons. The summed E-state index contributed by atoms with van der Waals surface area (Å²) in [5.74, 6) is 1.12. The van der Waals surface area contributed by atoms with E-state index < -0.39 is 0 Å². The molecule has 3 amide bonds. The smallest absolute Gasteiger partial charge is 0.249 e. The van der Waals surface area contributed by atoms with Crippen molar-refractivity contribution in [2.45, 2.75) is 37.6 Å². The minimum absolute atomic E-state index is 0.202. The molecule has 1 atom stereocenters. The molecular formula is C34H38N8O3. The van der Waals surface area contributed by atoms with E-state index >= 15 is 0 Å². The van der Waals surface area contributed by atoms with E-state index in [0.29, 0.717) is 38.4 Å². The lowest BCUT2D eigenvalue weighted by atomic mass is 9.89. The summed E-state index contributed by atoms with van der Waals surface area (Å²) in [5, 5.41) is 6.71. The number of aromatic nitrogens is 3. The number of H-pyrrole nitrogens is 1. The second-order valence-corrected chi connectivity index (χ2v) is 12.2. The summed E-state index contributed by atoms with van der Waals surface area (Å²) < 4.78 is 0. The average molecular weight is 607 g/mol. The first-order chi connectivity index (χ1) is 22.0. The van der Waals surface area contributed by atoms with Gasteiger partial charge in [0.25, 0.3) is 0 Å². The topological polar surface area (TPSA) is 127 Å². The highest BCUT2D eigenvalue weighted by Gasteiger charge is 2.28. The maximum Gasteiger partial charge on any atom is 0.249 e. The van der Waals surface area contributed by atoms with Crippen LogP contribution in [0.5, 0.6) is 0 Å². The number of aromatic amines is 1. The van der Waals surface area contributed by atoms with Crippen molar-refractivity contribution in [1.29, 1.82) is 0 Å². The molecule has 3 saturated heterocycles. The maximum atomic E-state index is 13.2. The van der Waals surface area contributed by atoms with E-state index in [0.717, 1.165) is 72.7 Å². The number of fused-ring (bicyclic) bond motifs is 1. The van der Waals surface area contributed by atoms with E-state index in [1.807, 2.05) is 41.7 Å². The van der Waals surface area contributed by atoms with Gasteiger partial charge in [-0.3, -0.25) is 24.6 Å². The van der Waals surface area contributed by atoms with Crippen molar-refractivity contribution in [3.8, 4) is 11.1 Å². The molecule has 7 rings (SSSR count). The van der Waals surface area contributed by atoms with Crippen LogP contribution in [0.2, 0.25) is 0 Å². The first kappa shape index (κ1) is 29.0. The van der Waals surface area contributed by atoms with Crippen molar-refractivity contribution in [1.82, 2.24) is 30.1 Å². The Morgan fingerprint density at radius 2 is 1.64 bits per heavy atom. The molecule has 3 aromatic heterocycles. The van der Waals surface area contributed by atoms with Gasteiger partial charge in [-0.1, -0.05) is 12.1 Å². The molecule has 1 unspecified atom stereocenters. The Bertz CT molecular complexity index is 1670.